The van der Waals surface area contributed by atoms with Gasteiger partial charge in [0.15, 0.2) is 18.2 Å². The zero-order chi connectivity index (χ0) is 16.8. The number of hydrazine groups is 1. The van der Waals surface area contributed by atoms with Crippen LogP contribution in [0.2, 0.25) is 0 Å². The number of halogens is 3. The Balaban J connectivity index is 1.81. The van der Waals surface area contributed by atoms with Gasteiger partial charge in [-0.15, -0.1) is 0 Å². The smallest absolute Gasteiger partial charge is 0.276 e. The fourth-order valence-corrected chi connectivity index (χ4v) is 1.90. The molecule has 0 spiro atoms. The van der Waals surface area contributed by atoms with E-state index in [1.807, 2.05) is 0 Å². The Morgan fingerprint density at radius 1 is 1.04 bits per heavy atom. The fourth-order valence-electron chi connectivity index (χ4n) is 1.57. The summed E-state index contributed by atoms with van der Waals surface area (Å²) in [6.07, 6.45) is 0. The summed E-state index contributed by atoms with van der Waals surface area (Å²) < 4.78 is 31.8. The highest BCUT2D eigenvalue weighted by atomic mass is 79.9. The molecule has 2 N–H and O–H groups in total. The van der Waals surface area contributed by atoms with E-state index in [-0.39, 0.29) is 11.3 Å². The summed E-state index contributed by atoms with van der Waals surface area (Å²) in [5.74, 6) is -2.48. The third-order valence-corrected chi connectivity index (χ3v) is 3.17. The molecule has 2 aromatic rings. The average Bonchev–Trinajstić information content (AvgIpc) is 2.52. The Bertz CT molecular complexity index is 723. The second-order valence-electron chi connectivity index (χ2n) is 4.37. The van der Waals surface area contributed by atoms with E-state index >= 15 is 0 Å². The monoisotopic (exact) mass is 384 g/mol. The molecule has 8 heteroatoms. The van der Waals surface area contributed by atoms with Crippen LogP contribution in [0, 0.1) is 11.6 Å². The van der Waals surface area contributed by atoms with Crippen molar-refractivity contribution < 1.29 is 23.1 Å². The topological polar surface area (TPSA) is 67.4 Å². The van der Waals surface area contributed by atoms with Crippen molar-refractivity contribution in [3.05, 3.63) is 64.1 Å². The lowest BCUT2D eigenvalue weighted by molar-refractivity contribution is -0.123. The van der Waals surface area contributed by atoms with Gasteiger partial charge in [-0.05, 0) is 42.5 Å². The van der Waals surface area contributed by atoms with Gasteiger partial charge in [0.05, 0.1) is 0 Å². The van der Waals surface area contributed by atoms with Crippen LogP contribution in [0.1, 0.15) is 10.4 Å². The third-order valence-electron chi connectivity index (χ3n) is 2.67. The van der Waals surface area contributed by atoms with Crippen LogP contribution < -0.4 is 15.6 Å². The molecular formula is C15H11BrF2N2O3. The molecule has 0 bridgehead atoms. The SMILES string of the molecule is O=C(COc1ccc(Br)cc1F)NNC(=O)c1ccc(F)cc1. The molecule has 0 aliphatic carbocycles. The van der Waals surface area contributed by atoms with Crippen LogP contribution in [0.5, 0.6) is 5.75 Å². The van der Waals surface area contributed by atoms with Gasteiger partial charge in [-0.2, -0.15) is 0 Å². The van der Waals surface area contributed by atoms with Crippen molar-refractivity contribution in [2.24, 2.45) is 0 Å². The molecule has 0 saturated carbocycles. The highest BCUT2D eigenvalue weighted by Crippen LogP contribution is 2.21. The number of hydrogen-bond acceptors (Lipinski definition) is 3. The minimum Gasteiger partial charge on any atom is -0.481 e. The molecule has 2 amide bonds. The first-order valence-corrected chi connectivity index (χ1v) is 7.17. The number of nitrogens with one attached hydrogen (secondary N) is 2. The van der Waals surface area contributed by atoms with Crippen LogP contribution in [0.15, 0.2) is 46.9 Å². The highest BCUT2D eigenvalue weighted by molar-refractivity contribution is 9.10. The lowest BCUT2D eigenvalue weighted by Gasteiger charge is -2.09. The summed E-state index contributed by atoms with van der Waals surface area (Å²) in [6, 6.07) is 8.90. The van der Waals surface area contributed by atoms with Crippen LogP contribution in [0.3, 0.4) is 0 Å². The zero-order valence-electron chi connectivity index (χ0n) is 11.6. The maximum absolute atomic E-state index is 13.5. The molecule has 0 aromatic heterocycles. The lowest BCUT2D eigenvalue weighted by Crippen LogP contribution is -2.43. The van der Waals surface area contributed by atoms with Crippen LogP contribution >= 0.6 is 15.9 Å². The van der Waals surface area contributed by atoms with Gasteiger partial charge in [0, 0.05) is 10.0 Å². The van der Waals surface area contributed by atoms with Crippen LogP contribution in [-0.4, -0.2) is 18.4 Å². The molecule has 0 fully saturated rings. The molecule has 0 aliphatic heterocycles. The molecule has 5 nitrogen and oxygen atoms in total. The van der Waals surface area contributed by atoms with Gasteiger partial charge in [0.25, 0.3) is 11.8 Å². The summed E-state index contributed by atoms with van der Waals surface area (Å²) in [7, 11) is 0. The lowest BCUT2D eigenvalue weighted by atomic mass is 10.2. The predicted molar refractivity (Wildman–Crippen MR) is 81.6 cm³/mol. The molecule has 120 valence electrons. The molecule has 0 aliphatic rings. The largest absolute Gasteiger partial charge is 0.481 e. The van der Waals surface area contributed by atoms with E-state index in [2.05, 4.69) is 26.8 Å². The van der Waals surface area contributed by atoms with Gasteiger partial charge in [-0.1, -0.05) is 15.9 Å². The second-order valence-corrected chi connectivity index (χ2v) is 5.29. The normalized spacial score (nSPS) is 10.0. The van der Waals surface area contributed by atoms with E-state index in [0.717, 1.165) is 12.1 Å². The Labute approximate surface area is 138 Å². The van der Waals surface area contributed by atoms with Gasteiger partial charge < -0.3 is 4.74 Å². The summed E-state index contributed by atoms with van der Waals surface area (Å²) in [5.41, 5.74) is 4.42. The van der Waals surface area contributed by atoms with Gasteiger partial charge in [-0.3, -0.25) is 20.4 Å². The highest BCUT2D eigenvalue weighted by Gasteiger charge is 2.10. The number of amides is 2. The number of rotatable bonds is 4. The number of benzene rings is 2. The quantitative estimate of drug-likeness (QED) is 0.796. The molecule has 23 heavy (non-hydrogen) atoms. The second kappa shape index (κ2) is 7.68. The number of carbonyl (C=O) groups excluding carboxylic acids is 2. The van der Waals surface area contributed by atoms with Crippen LogP contribution in [0.4, 0.5) is 8.78 Å². The van der Waals surface area contributed by atoms with Gasteiger partial charge in [-0.25, -0.2) is 8.78 Å². The van der Waals surface area contributed by atoms with Crippen molar-refractivity contribution >= 4 is 27.7 Å². The first kappa shape index (κ1) is 16.9. The maximum Gasteiger partial charge on any atom is 0.276 e. The van der Waals surface area contributed by atoms with Gasteiger partial charge in [0.1, 0.15) is 5.82 Å². The van der Waals surface area contributed by atoms with Crippen LogP contribution in [0.25, 0.3) is 0 Å². The van der Waals surface area contributed by atoms with Crippen molar-refractivity contribution in [1.29, 1.82) is 0 Å². The predicted octanol–water partition coefficient (Wildman–Crippen LogP) is 2.57. The average molecular weight is 385 g/mol. The zero-order valence-corrected chi connectivity index (χ0v) is 13.2. The number of ether oxygens (including phenoxy) is 1. The molecule has 0 heterocycles. The van der Waals surface area contributed by atoms with Crippen molar-refractivity contribution in [3.63, 3.8) is 0 Å². The molecule has 0 atom stereocenters. The first-order chi connectivity index (χ1) is 11.0. The third kappa shape index (κ3) is 5.03. The molecule has 0 radical (unpaired) electrons. The molecule has 0 unspecified atom stereocenters. The van der Waals surface area contributed by atoms with Crippen molar-refractivity contribution in [3.8, 4) is 5.75 Å². The molecular weight excluding hydrogens is 374 g/mol. The van der Waals surface area contributed by atoms with E-state index < -0.39 is 30.1 Å². The summed E-state index contributed by atoms with van der Waals surface area (Å²) in [5, 5.41) is 0. The summed E-state index contributed by atoms with van der Waals surface area (Å²) in [4.78, 5) is 23.2. The Hall–Kier alpha value is -2.48. The standard InChI is InChI=1S/C15H11BrF2N2O3/c16-10-3-6-13(12(18)7-10)23-8-14(21)19-20-15(22)9-1-4-11(17)5-2-9/h1-7H,8H2,(H,19,21)(H,20,22). The van der Waals surface area contributed by atoms with Crippen LogP contribution in [-0.2, 0) is 4.79 Å². The Morgan fingerprint density at radius 3 is 2.39 bits per heavy atom. The van der Waals surface area contributed by atoms with Crippen molar-refractivity contribution in [2.45, 2.75) is 0 Å². The maximum atomic E-state index is 13.5. The number of carbonyl (C=O) groups is 2. The minimum absolute atomic E-state index is 0.0896. The Morgan fingerprint density at radius 2 is 1.74 bits per heavy atom. The Kier molecular flexibility index (Phi) is 5.64. The van der Waals surface area contributed by atoms with E-state index in [4.69, 9.17) is 4.74 Å². The fraction of sp³-hybridized carbons (Fsp3) is 0.0667. The van der Waals surface area contributed by atoms with Gasteiger partial charge >= 0.3 is 0 Å². The van der Waals surface area contributed by atoms with Crippen molar-refractivity contribution in [1.82, 2.24) is 10.9 Å². The summed E-state index contributed by atoms with van der Waals surface area (Å²) >= 11 is 3.10. The first-order valence-electron chi connectivity index (χ1n) is 6.38. The molecule has 2 rings (SSSR count). The number of hydrogen-bond donors (Lipinski definition) is 2. The minimum atomic E-state index is -0.678. The van der Waals surface area contributed by atoms with E-state index in [1.54, 1.807) is 6.07 Å². The van der Waals surface area contributed by atoms with Gasteiger partial charge in [0.2, 0.25) is 0 Å². The molecule has 0 saturated heterocycles. The van der Waals surface area contributed by atoms with E-state index in [1.165, 1.54) is 24.3 Å². The van der Waals surface area contributed by atoms with Crippen molar-refractivity contribution in [2.75, 3.05) is 6.61 Å². The van der Waals surface area contributed by atoms with E-state index in [0.29, 0.717) is 4.47 Å². The summed E-state index contributed by atoms with van der Waals surface area (Å²) in [6.45, 7) is -0.484. The molecule has 2 aromatic carbocycles. The van der Waals surface area contributed by atoms with E-state index in [9.17, 15) is 18.4 Å².